The van der Waals surface area contributed by atoms with Crippen LogP contribution in [0.5, 0.6) is 0 Å². The van der Waals surface area contributed by atoms with E-state index in [2.05, 4.69) is 26.1 Å². The summed E-state index contributed by atoms with van der Waals surface area (Å²) in [5.74, 6) is 0.801. The van der Waals surface area contributed by atoms with Crippen LogP contribution in [0.1, 0.15) is 46.5 Å². The van der Waals surface area contributed by atoms with E-state index in [0.29, 0.717) is 6.10 Å². The van der Waals surface area contributed by atoms with Crippen molar-refractivity contribution in [2.45, 2.75) is 64.3 Å². The zero-order valence-electron chi connectivity index (χ0n) is 11.5. The Morgan fingerprint density at radius 2 is 2.29 bits per heavy atom. The second kappa shape index (κ2) is 5.68. The van der Waals surface area contributed by atoms with Crippen LogP contribution in [0.25, 0.3) is 0 Å². The minimum atomic E-state index is 0.0981. The summed E-state index contributed by atoms with van der Waals surface area (Å²) in [6.07, 6.45) is 5.61. The van der Waals surface area contributed by atoms with Crippen molar-refractivity contribution in [3.8, 4) is 0 Å². The van der Waals surface area contributed by atoms with Crippen molar-refractivity contribution in [1.82, 2.24) is 5.32 Å². The molecule has 2 fully saturated rings. The molecular formula is C14H27NO2. The molecule has 3 heteroatoms. The Balaban J connectivity index is 1.87. The van der Waals surface area contributed by atoms with Gasteiger partial charge in [0, 0.05) is 13.1 Å². The molecule has 3 unspecified atom stereocenters. The van der Waals surface area contributed by atoms with Crippen LogP contribution in [0.3, 0.4) is 0 Å². The van der Waals surface area contributed by atoms with E-state index < -0.39 is 0 Å². The molecule has 2 aliphatic rings. The summed E-state index contributed by atoms with van der Waals surface area (Å²) in [6.45, 7) is 9.18. The molecule has 17 heavy (non-hydrogen) atoms. The Hall–Kier alpha value is -0.120. The zero-order chi connectivity index (χ0) is 12.3. The number of morpholine rings is 1. The Morgan fingerprint density at radius 3 is 3.00 bits per heavy atom. The molecule has 1 saturated heterocycles. The van der Waals surface area contributed by atoms with Crippen LogP contribution in [0.15, 0.2) is 0 Å². The van der Waals surface area contributed by atoms with Gasteiger partial charge in [0.05, 0.1) is 24.4 Å². The third kappa shape index (κ3) is 3.67. The van der Waals surface area contributed by atoms with E-state index in [1.54, 1.807) is 0 Å². The largest absolute Gasteiger partial charge is 0.376 e. The number of ether oxygens (including phenoxy) is 2. The Labute approximate surface area is 105 Å². The molecule has 0 aromatic heterocycles. The minimum Gasteiger partial charge on any atom is -0.376 e. The smallest absolute Gasteiger partial charge is 0.0940 e. The van der Waals surface area contributed by atoms with Crippen molar-refractivity contribution >= 4 is 0 Å². The molecule has 1 aliphatic carbocycles. The molecule has 3 atom stereocenters. The first-order valence-electron chi connectivity index (χ1n) is 7.10. The van der Waals surface area contributed by atoms with Gasteiger partial charge < -0.3 is 14.8 Å². The maximum Gasteiger partial charge on any atom is 0.0940 e. The van der Waals surface area contributed by atoms with Gasteiger partial charge in [-0.3, -0.25) is 0 Å². The van der Waals surface area contributed by atoms with Gasteiger partial charge in [0.25, 0.3) is 0 Å². The highest BCUT2D eigenvalue weighted by Gasteiger charge is 2.40. The van der Waals surface area contributed by atoms with Gasteiger partial charge in [-0.2, -0.15) is 0 Å². The average Bonchev–Trinajstić information content (AvgIpc) is 2.26. The molecule has 0 aromatic carbocycles. The molecule has 0 radical (unpaired) electrons. The molecule has 1 heterocycles. The SMILES string of the molecule is CC1CCCC2(CNCC(COC(C)C)O2)C1. The highest BCUT2D eigenvalue weighted by atomic mass is 16.6. The van der Waals surface area contributed by atoms with Gasteiger partial charge in [-0.1, -0.05) is 19.8 Å². The average molecular weight is 241 g/mol. The second-order valence-corrected chi connectivity index (χ2v) is 6.14. The maximum absolute atomic E-state index is 6.35. The van der Waals surface area contributed by atoms with Gasteiger partial charge in [-0.15, -0.1) is 0 Å². The fourth-order valence-electron chi connectivity index (χ4n) is 3.17. The minimum absolute atomic E-state index is 0.0981. The van der Waals surface area contributed by atoms with Crippen molar-refractivity contribution in [2.75, 3.05) is 19.7 Å². The van der Waals surface area contributed by atoms with Gasteiger partial charge >= 0.3 is 0 Å². The van der Waals surface area contributed by atoms with Crippen LogP contribution in [-0.2, 0) is 9.47 Å². The summed E-state index contributed by atoms with van der Waals surface area (Å²) >= 11 is 0. The van der Waals surface area contributed by atoms with E-state index >= 15 is 0 Å². The van der Waals surface area contributed by atoms with Crippen molar-refractivity contribution in [3.05, 3.63) is 0 Å². The molecule has 1 N–H and O–H groups in total. The molecule has 1 aliphatic heterocycles. The molecular weight excluding hydrogens is 214 g/mol. The molecule has 2 rings (SSSR count). The van der Waals surface area contributed by atoms with Crippen LogP contribution in [0.4, 0.5) is 0 Å². The Morgan fingerprint density at radius 1 is 1.47 bits per heavy atom. The summed E-state index contributed by atoms with van der Waals surface area (Å²) in [7, 11) is 0. The lowest BCUT2D eigenvalue weighted by Gasteiger charge is -2.46. The van der Waals surface area contributed by atoms with E-state index in [1.165, 1.54) is 25.7 Å². The number of nitrogens with one attached hydrogen (secondary N) is 1. The lowest BCUT2D eigenvalue weighted by atomic mass is 9.78. The fourth-order valence-corrected chi connectivity index (χ4v) is 3.17. The van der Waals surface area contributed by atoms with E-state index in [4.69, 9.17) is 9.47 Å². The van der Waals surface area contributed by atoms with E-state index in [0.717, 1.165) is 25.6 Å². The molecule has 3 nitrogen and oxygen atoms in total. The maximum atomic E-state index is 6.35. The van der Waals surface area contributed by atoms with Crippen molar-refractivity contribution in [3.63, 3.8) is 0 Å². The first kappa shape index (κ1) is 13.3. The van der Waals surface area contributed by atoms with Gasteiger partial charge in [-0.05, 0) is 32.6 Å². The fraction of sp³-hybridized carbons (Fsp3) is 1.00. The highest BCUT2D eigenvalue weighted by molar-refractivity contribution is 4.93. The normalized spacial score (nSPS) is 38.8. The molecule has 1 saturated carbocycles. The van der Waals surface area contributed by atoms with Crippen LogP contribution in [0, 0.1) is 5.92 Å². The van der Waals surface area contributed by atoms with E-state index in [9.17, 15) is 0 Å². The first-order chi connectivity index (χ1) is 8.10. The van der Waals surface area contributed by atoms with Crippen molar-refractivity contribution in [1.29, 1.82) is 0 Å². The van der Waals surface area contributed by atoms with Crippen molar-refractivity contribution < 1.29 is 9.47 Å². The summed E-state index contributed by atoms with van der Waals surface area (Å²) in [4.78, 5) is 0. The Bertz CT molecular complexity index is 240. The van der Waals surface area contributed by atoms with E-state index in [1.807, 2.05) is 0 Å². The van der Waals surface area contributed by atoms with Gasteiger partial charge in [0.2, 0.25) is 0 Å². The van der Waals surface area contributed by atoms with Gasteiger partial charge in [-0.25, -0.2) is 0 Å². The highest BCUT2D eigenvalue weighted by Crippen LogP contribution is 2.36. The third-order valence-corrected chi connectivity index (χ3v) is 3.90. The zero-order valence-corrected chi connectivity index (χ0v) is 11.5. The van der Waals surface area contributed by atoms with Crippen molar-refractivity contribution in [2.24, 2.45) is 5.92 Å². The summed E-state index contributed by atoms with van der Waals surface area (Å²) in [6, 6.07) is 0. The topological polar surface area (TPSA) is 30.5 Å². The molecule has 0 bridgehead atoms. The standard InChI is InChI=1S/C14H27NO2/c1-11(2)16-9-13-8-15-10-14(17-13)6-4-5-12(3)7-14/h11-13,15H,4-10H2,1-3H3. The molecule has 1 spiro atoms. The lowest BCUT2D eigenvalue weighted by molar-refractivity contribution is -0.162. The number of hydrogen-bond acceptors (Lipinski definition) is 3. The monoisotopic (exact) mass is 241 g/mol. The Kier molecular flexibility index (Phi) is 4.45. The second-order valence-electron chi connectivity index (χ2n) is 6.14. The molecule has 0 aromatic rings. The lowest BCUT2D eigenvalue weighted by Crippen LogP contribution is -2.56. The predicted molar refractivity (Wildman–Crippen MR) is 69.2 cm³/mol. The molecule has 0 amide bonds. The summed E-state index contributed by atoms with van der Waals surface area (Å²) < 4.78 is 12.0. The first-order valence-corrected chi connectivity index (χ1v) is 7.10. The molecule has 100 valence electrons. The van der Waals surface area contributed by atoms with Crippen LogP contribution in [0.2, 0.25) is 0 Å². The third-order valence-electron chi connectivity index (χ3n) is 3.90. The summed E-state index contributed by atoms with van der Waals surface area (Å²) in [5.41, 5.74) is 0.0981. The van der Waals surface area contributed by atoms with Crippen LogP contribution < -0.4 is 5.32 Å². The van der Waals surface area contributed by atoms with Crippen LogP contribution >= 0.6 is 0 Å². The van der Waals surface area contributed by atoms with Crippen LogP contribution in [-0.4, -0.2) is 37.5 Å². The predicted octanol–water partition coefficient (Wildman–Crippen LogP) is 2.35. The summed E-state index contributed by atoms with van der Waals surface area (Å²) in [5, 5.41) is 3.53. The number of hydrogen-bond donors (Lipinski definition) is 1. The van der Waals surface area contributed by atoms with E-state index in [-0.39, 0.29) is 11.7 Å². The quantitative estimate of drug-likeness (QED) is 0.822. The van der Waals surface area contributed by atoms with Gasteiger partial charge in [0.15, 0.2) is 0 Å². The number of rotatable bonds is 3. The van der Waals surface area contributed by atoms with Gasteiger partial charge in [0.1, 0.15) is 0 Å².